The normalized spacial score (nSPS) is 15.3. The molecule has 0 atom stereocenters. The summed E-state index contributed by atoms with van der Waals surface area (Å²) in [6.45, 7) is 5.95. The lowest BCUT2D eigenvalue weighted by atomic mass is 9.99. The summed E-state index contributed by atoms with van der Waals surface area (Å²) in [5.74, 6) is 0.663. The molecule has 0 spiro atoms. The molecule has 1 aromatic carbocycles. The van der Waals surface area contributed by atoms with Gasteiger partial charge in [-0.3, -0.25) is 14.2 Å². The third kappa shape index (κ3) is 3.61. The van der Waals surface area contributed by atoms with E-state index in [1.165, 1.54) is 27.8 Å². The number of rotatable bonds is 4. The maximum Gasteiger partial charge on any atom is 0.263 e. The third-order valence-corrected chi connectivity index (χ3v) is 6.56. The molecule has 0 unspecified atom stereocenters. The molecular weight excluding hydrogens is 370 g/mol. The molecule has 1 saturated heterocycles. The lowest BCUT2D eigenvalue weighted by Gasteiger charge is -2.30. The molecule has 1 fully saturated rings. The molecule has 1 aliphatic rings. The summed E-state index contributed by atoms with van der Waals surface area (Å²) in [6.07, 6.45) is 4.55. The van der Waals surface area contributed by atoms with Crippen molar-refractivity contribution in [3.63, 3.8) is 0 Å². The molecular formula is C22H25N3O2S. The quantitative estimate of drug-likeness (QED) is 0.672. The Balaban J connectivity index is 1.64. The average molecular weight is 396 g/mol. The molecule has 2 aromatic heterocycles. The van der Waals surface area contributed by atoms with Crippen LogP contribution < -0.4 is 5.56 Å². The number of aryl methyl sites for hydroxylation is 1. The van der Waals surface area contributed by atoms with Crippen LogP contribution in [0.5, 0.6) is 0 Å². The number of nitrogens with zero attached hydrogens (tertiary/aromatic N) is 3. The number of aromatic nitrogens is 2. The molecule has 4 rings (SSSR count). The molecule has 0 N–H and O–H groups in total. The van der Waals surface area contributed by atoms with Gasteiger partial charge in [-0.25, -0.2) is 4.98 Å². The van der Waals surface area contributed by atoms with Gasteiger partial charge in [0.2, 0.25) is 5.91 Å². The van der Waals surface area contributed by atoms with Crippen molar-refractivity contribution in [1.29, 1.82) is 0 Å². The molecule has 0 saturated carbocycles. The van der Waals surface area contributed by atoms with Crippen LogP contribution in [0.3, 0.4) is 0 Å². The van der Waals surface area contributed by atoms with Crippen molar-refractivity contribution >= 4 is 27.5 Å². The summed E-state index contributed by atoms with van der Waals surface area (Å²) in [4.78, 5) is 32.8. The van der Waals surface area contributed by atoms with Gasteiger partial charge in [-0.1, -0.05) is 38.1 Å². The molecule has 5 nitrogen and oxygen atoms in total. The highest BCUT2D eigenvalue weighted by molar-refractivity contribution is 7.17. The zero-order valence-corrected chi connectivity index (χ0v) is 17.2. The maximum absolute atomic E-state index is 13.1. The molecule has 0 radical (unpaired) electrons. The Morgan fingerprint density at radius 1 is 1.21 bits per heavy atom. The van der Waals surface area contributed by atoms with Gasteiger partial charge in [-0.2, -0.15) is 0 Å². The van der Waals surface area contributed by atoms with Crippen LogP contribution in [0.25, 0.3) is 21.3 Å². The van der Waals surface area contributed by atoms with Crippen LogP contribution in [0.15, 0.2) is 40.8 Å². The second-order valence-corrected chi connectivity index (χ2v) is 8.48. The van der Waals surface area contributed by atoms with Crippen LogP contribution in [0.2, 0.25) is 0 Å². The number of benzene rings is 1. The van der Waals surface area contributed by atoms with Gasteiger partial charge in [0, 0.05) is 24.0 Å². The summed E-state index contributed by atoms with van der Waals surface area (Å²) in [6, 6.07) is 8.29. The average Bonchev–Trinajstić information content (AvgIpc) is 3.15. The van der Waals surface area contributed by atoms with Crippen LogP contribution in [-0.2, 0) is 17.8 Å². The van der Waals surface area contributed by atoms with Crippen molar-refractivity contribution in [3.8, 4) is 11.1 Å². The maximum atomic E-state index is 13.1. The number of hydrogen-bond donors (Lipinski definition) is 0. The van der Waals surface area contributed by atoms with E-state index in [4.69, 9.17) is 0 Å². The minimum atomic E-state index is -0.139. The van der Waals surface area contributed by atoms with Crippen LogP contribution in [0.1, 0.15) is 32.3 Å². The van der Waals surface area contributed by atoms with Crippen molar-refractivity contribution in [1.82, 2.24) is 14.5 Å². The van der Waals surface area contributed by atoms with E-state index in [2.05, 4.69) is 43.1 Å². The van der Waals surface area contributed by atoms with Crippen molar-refractivity contribution in [2.45, 2.75) is 39.7 Å². The van der Waals surface area contributed by atoms with Crippen LogP contribution >= 0.6 is 11.3 Å². The van der Waals surface area contributed by atoms with E-state index in [0.717, 1.165) is 48.3 Å². The van der Waals surface area contributed by atoms with E-state index < -0.39 is 0 Å². The predicted octanol–water partition coefficient (Wildman–Crippen LogP) is 3.95. The van der Waals surface area contributed by atoms with Gasteiger partial charge in [0.1, 0.15) is 11.4 Å². The predicted molar refractivity (Wildman–Crippen MR) is 114 cm³/mol. The molecule has 0 bridgehead atoms. The number of likely N-dealkylation sites (tertiary alicyclic amines) is 1. The van der Waals surface area contributed by atoms with Gasteiger partial charge >= 0.3 is 0 Å². The van der Waals surface area contributed by atoms with Crippen molar-refractivity contribution in [2.24, 2.45) is 5.92 Å². The fourth-order valence-corrected chi connectivity index (χ4v) is 4.62. The summed E-state index contributed by atoms with van der Waals surface area (Å²) < 4.78 is 1.46. The van der Waals surface area contributed by atoms with E-state index in [1.807, 2.05) is 10.3 Å². The van der Waals surface area contributed by atoms with Gasteiger partial charge in [-0.05, 0) is 36.3 Å². The number of hydrogen-bond acceptors (Lipinski definition) is 4. The minimum Gasteiger partial charge on any atom is -0.341 e. The summed E-state index contributed by atoms with van der Waals surface area (Å²) >= 11 is 1.47. The largest absolute Gasteiger partial charge is 0.341 e. The van der Waals surface area contributed by atoms with Crippen LogP contribution in [0, 0.1) is 5.92 Å². The first-order valence-corrected chi connectivity index (χ1v) is 10.8. The smallest absolute Gasteiger partial charge is 0.263 e. The molecule has 28 heavy (non-hydrogen) atoms. The molecule has 1 amide bonds. The first-order valence-electron chi connectivity index (χ1n) is 9.90. The zero-order chi connectivity index (χ0) is 19.7. The van der Waals surface area contributed by atoms with Crippen LogP contribution in [0.4, 0.5) is 0 Å². The van der Waals surface area contributed by atoms with Crippen molar-refractivity contribution in [2.75, 3.05) is 13.1 Å². The lowest BCUT2D eigenvalue weighted by molar-refractivity contribution is -0.133. The third-order valence-electron chi connectivity index (χ3n) is 5.68. The van der Waals surface area contributed by atoms with E-state index in [-0.39, 0.29) is 18.0 Å². The van der Waals surface area contributed by atoms with E-state index in [0.29, 0.717) is 11.3 Å². The highest BCUT2D eigenvalue weighted by Crippen LogP contribution is 2.30. The molecule has 0 aliphatic carbocycles. The molecule has 3 heterocycles. The summed E-state index contributed by atoms with van der Waals surface area (Å²) in [5.41, 5.74) is 3.03. The fourth-order valence-electron chi connectivity index (χ4n) is 3.72. The number of carbonyl (C=O) groups is 1. The lowest BCUT2D eigenvalue weighted by Crippen LogP contribution is -2.41. The highest BCUT2D eigenvalue weighted by Gasteiger charge is 2.21. The minimum absolute atomic E-state index is 0.000715. The Bertz CT molecular complexity index is 1040. The number of piperidine rings is 1. The molecule has 6 heteroatoms. The number of thiophene rings is 1. The Morgan fingerprint density at radius 3 is 2.61 bits per heavy atom. The van der Waals surface area contributed by atoms with Gasteiger partial charge in [0.25, 0.3) is 5.56 Å². The number of amides is 1. The van der Waals surface area contributed by atoms with Crippen molar-refractivity contribution < 1.29 is 4.79 Å². The van der Waals surface area contributed by atoms with E-state index >= 15 is 0 Å². The Morgan fingerprint density at radius 2 is 1.93 bits per heavy atom. The number of carbonyl (C=O) groups excluding carboxylic acids is 1. The first kappa shape index (κ1) is 18.9. The van der Waals surface area contributed by atoms with Gasteiger partial charge < -0.3 is 4.90 Å². The summed E-state index contributed by atoms with van der Waals surface area (Å²) in [5, 5.41) is 2.59. The second-order valence-electron chi connectivity index (χ2n) is 7.62. The molecule has 146 valence electrons. The van der Waals surface area contributed by atoms with E-state index in [9.17, 15) is 9.59 Å². The summed E-state index contributed by atoms with van der Waals surface area (Å²) in [7, 11) is 0. The monoisotopic (exact) mass is 395 g/mol. The second kappa shape index (κ2) is 7.87. The Kier molecular flexibility index (Phi) is 5.31. The highest BCUT2D eigenvalue weighted by atomic mass is 32.1. The molecule has 3 aromatic rings. The first-order chi connectivity index (χ1) is 13.6. The molecule has 1 aliphatic heterocycles. The fraction of sp³-hybridized carbons (Fsp3) is 0.409. The Labute approximate surface area is 168 Å². The standard InChI is InChI=1S/C22H25N3O2S/c1-3-16-4-6-17(7-5-16)18-13-28-21-20(18)22(27)25(14-23-21)12-19(26)24-10-8-15(2)9-11-24/h4-7,13-15H,3,8-12H2,1-2H3. The van der Waals surface area contributed by atoms with Crippen molar-refractivity contribution in [3.05, 3.63) is 51.9 Å². The zero-order valence-electron chi connectivity index (χ0n) is 16.4. The van der Waals surface area contributed by atoms with Gasteiger partial charge in [0.15, 0.2) is 0 Å². The SMILES string of the molecule is CCc1ccc(-c2csc3ncn(CC(=O)N4CCC(C)CC4)c(=O)c23)cc1. The van der Waals surface area contributed by atoms with E-state index in [1.54, 1.807) is 0 Å². The van der Waals surface area contributed by atoms with Gasteiger partial charge in [-0.15, -0.1) is 11.3 Å². The topological polar surface area (TPSA) is 55.2 Å². The Hall–Kier alpha value is -2.47. The van der Waals surface area contributed by atoms with Gasteiger partial charge in [0.05, 0.1) is 11.7 Å². The van der Waals surface area contributed by atoms with Crippen LogP contribution in [-0.4, -0.2) is 33.4 Å². The number of fused-ring (bicyclic) bond motifs is 1.